The van der Waals surface area contributed by atoms with Gasteiger partial charge in [-0.25, -0.2) is 0 Å². The molecule has 116 valence electrons. The number of benzene rings is 1. The van der Waals surface area contributed by atoms with Crippen molar-refractivity contribution >= 4 is 23.2 Å². The fourth-order valence-corrected chi connectivity index (χ4v) is 3.36. The molecule has 0 atom stereocenters. The van der Waals surface area contributed by atoms with Gasteiger partial charge >= 0.3 is 0 Å². The highest BCUT2D eigenvalue weighted by Crippen LogP contribution is 2.32. The summed E-state index contributed by atoms with van der Waals surface area (Å²) < 4.78 is 0. The second-order valence-corrected chi connectivity index (χ2v) is 7.35. The molecule has 1 fully saturated rings. The Kier molecular flexibility index (Phi) is 4.52. The van der Waals surface area contributed by atoms with E-state index >= 15 is 0 Å². The molecule has 0 saturated carbocycles. The molecular formula is C17H25ClN2O. The second-order valence-electron chi connectivity index (χ2n) is 6.94. The van der Waals surface area contributed by atoms with Crippen molar-refractivity contribution < 1.29 is 4.79 Å². The number of anilines is 1. The molecule has 1 heterocycles. The van der Waals surface area contributed by atoms with Crippen LogP contribution in [0.2, 0.25) is 5.02 Å². The maximum Gasteiger partial charge on any atom is 0.228 e. The predicted octanol–water partition coefficient (Wildman–Crippen LogP) is 3.65. The van der Waals surface area contributed by atoms with E-state index in [4.69, 9.17) is 11.6 Å². The monoisotopic (exact) mass is 308 g/mol. The van der Waals surface area contributed by atoms with Gasteiger partial charge in [0.05, 0.1) is 10.7 Å². The molecule has 0 unspecified atom stereocenters. The predicted molar refractivity (Wildman–Crippen MR) is 89.2 cm³/mol. The molecule has 0 spiro atoms. The third-order valence-electron chi connectivity index (χ3n) is 3.92. The number of aryl methyl sites for hydroxylation is 2. The lowest BCUT2D eigenvalue weighted by atomic mass is 9.94. The first-order valence-corrected chi connectivity index (χ1v) is 7.89. The van der Waals surface area contributed by atoms with Gasteiger partial charge in [0.25, 0.3) is 0 Å². The molecule has 1 aliphatic heterocycles. The fourth-order valence-electron chi connectivity index (χ4n) is 2.92. The maximum absolute atomic E-state index is 12.3. The summed E-state index contributed by atoms with van der Waals surface area (Å²) >= 11 is 6.42. The van der Waals surface area contributed by atoms with E-state index in [1.165, 1.54) is 11.1 Å². The number of nitrogens with zero attached hydrogens (tertiary/aromatic N) is 2. The Hall–Kier alpha value is -1.22. The van der Waals surface area contributed by atoms with Gasteiger partial charge in [-0.2, -0.15) is 0 Å². The van der Waals surface area contributed by atoms with Gasteiger partial charge in [-0.15, -0.1) is 0 Å². The number of hydrogen-bond acceptors (Lipinski definition) is 2. The topological polar surface area (TPSA) is 23.6 Å². The summed E-state index contributed by atoms with van der Waals surface area (Å²) in [6.45, 7) is 13.3. The van der Waals surface area contributed by atoms with Gasteiger partial charge in [0.2, 0.25) is 5.91 Å². The Bertz CT molecular complexity index is 517. The number of amides is 1. The third-order valence-corrected chi connectivity index (χ3v) is 4.21. The van der Waals surface area contributed by atoms with Gasteiger partial charge in [0.1, 0.15) is 0 Å². The van der Waals surface area contributed by atoms with Crippen LogP contribution in [0.25, 0.3) is 0 Å². The zero-order chi connectivity index (χ0) is 15.8. The van der Waals surface area contributed by atoms with Gasteiger partial charge in [-0.3, -0.25) is 4.79 Å². The first-order valence-electron chi connectivity index (χ1n) is 7.51. The summed E-state index contributed by atoms with van der Waals surface area (Å²) in [7, 11) is 0. The van der Waals surface area contributed by atoms with E-state index in [0.29, 0.717) is 0 Å². The van der Waals surface area contributed by atoms with E-state index in [2.05, 4.69) is 24.8 Å². The SMILES string of the molecule is Cc1cc(C)c(N2CCN(C(=O)C(C)(C)C)CC2)c(Cl)c1. The standard InChI is InChI=1S/C17H25ClN2O/c1-12-10-13(2)15(14(18)11-12)19-6-8-20(9-7-19)16(21)17(3,4)5/h10-11H,6-9H2,1-5H3. The van der Waals surface area contributed by atoms with Crippen molar-refractivity contribution in [3.63, 3.8) is 0 Å². The van der Waals surface area contributed by atoms with E-state index in [-0.39, 0.29) is 11.3 Å². The number of halogens is 1. The van der Waals surface area contributed by atoms with Crippen LogP contribution in [0.1, 0.15) is 31.9 Å². The zero-order valence-corrected chi connectivity index (χ0v) is 14.4. The molecule has 0 aliphatic carbocycles. The molecule has 21 heavy (non-hydrogen) atoms. The Morgan fingerprint density at radius 3 is 2.14 bits per heavy atom. The lowest BCUT2D eigenvalue weighted by Gasteiger charge is -2.39. The van der Waals surface area contributed by atoms with Gasteiger partial charge in [-0.1, -0.05) is 38.4 Å². The van der Waals surface area contributed by atoms with Gasteiger partial charge in [-0.05, 0) is 31.0 Å². The molecule has 0 aromatic heterocycles. The van der Waals surface area contributed by atoms with E-state index < -0.39 is 0 Å². The maximum atomic E-state index is 12.3. The molecule has 1 aromatic rings. The van der Waals surface area contributed by atoms with Crippen molar-refractivity contribution in [2.75, 3.05) is 31.1 Å². The molecule has 1 saturated heterocycles. The number of rotatable bonds is 1. The Labute approximate surface area is 132 Å². The average Bonchev–Trinajstić information content (AvgIpc) is 2.36. The van der Waals surface area contributed by atoms with Gasteiger partial charge in [0.15, 0.2) is 0 Å². The molecule has 1 aromatic carbocycles. The van der Waals surface area contributed by atoms with Crippen LogP contribution in [0.3, 0.4) is 0 Å². The van der Waals surface area contributed by atoms with E-state index in [0.717, 1.165) is 36.9 Å². The zero-order valence-electron chi connectivity index (χ0n) is 13.7. The Morgan fingerprint density at radius 2 is 1.67 bits per heavy atom. The van der Waals surface area contributed by atoms with Crippen LogP contribution in [-0.4, -0.2) is 37.0 Å². The smallest absolute Gasteiger partial charge is 0.228 e. The van der Waals surface area contributed by atoms with E-state index in [1.54, 1.807) is 0 Å². The lowest BCUT2D eigenvalue weighted by Crippen LogP contribution is -2.51. The lowest BCUT2D eigenvalue weighted by molar-refractivity contribution is -0.139. The summed E-state index contributed by atoms with van der Waals surface area (Å²) in [5.41, 5.74) is 3.20. The number of hydrogen-bond donors (Lipinski definition) is 0. The van der Waals surface area contributed by atoms with Crippen molar-refractivity contribution in [1.29, 1.82) is 0 Å². The fraction of sp³-hybridized carbons (Fsp3) is 0.588. The third kappa shape index (κ3) is 3.52. The highest BCUT2D eigenvalue weighted by atomic mass is 35.5. The Morgan fingerprint density at radius 1 is 1.10 bits per heavy atom. The molecule has 0 radical (unpaired) electrons. The van der Waals surface area contributed by atoms with Crippen LogP contribution in [0.15, 0.2) is 12.1 Å². The number of carbonyl (C=O) groups excluding carboxylic acids is 1. The molecule has 1 amide bonds. The molecule has 3 nitrogen and oxygen atoms in total. The highest BCUT2D eigenvalue weighted by Gasteiger charge is 2.30. The largest absolute Gasteiger partial charge is 0.367 e. The number of piperazine rings is 1. The highest BCUT2D eigenvalue weighted by molar-refractivity contribution is 6.33. The van der Waals surface area contributed by atoms with Crippen LogP contribution in [-0.2, 0) is 4.79 Å². The minimum Gasteiger partial charge on any atom is -0.367 e. The summed E-state index contributed by atoms with van der Waals surface area (Å²) in [5, 5.41) is 0.808. The average molecular weight is 309 g/mol. The van der Waals surface area contributed by atoms with Crippen molar-refractivity contribution in [3.05, 3.63) is 28.3 Å². The summed E-state index contributed by atoms with van der Waals surface area (Å²) in [5.74, 6) is 0.230. The minimum atomic E-state index is -0.306. The van der Waals surface area contributed by atoms with Crippen molar-refractivity contribution in [3.8, 4) is 0 Å². The molecule has 0 N–H and O–H groups in total. The van der Waals surface area contributed by atoms with Gasteiger partial charge in [0, 0.05) is 31.6 Å². The summed E-state index contributed by atoms with van der Waals surface area (Å²) in [4.78, 5) is 16.6. The van der Waals surface area contributed by atoms with Crippen LogP contribution in [0.4, 0.5) is 5.69 Å². The molecule has 1 aliphatic rings. The molecule has 2 rings (SSSR count). The Balaban J connectivity index is 2.10. The molecule has 0 bridgehead atoms. The molecular weight excluding hydrogens is 284 g/mol. The van der Waals surface area contributed by atoms with Crippen molar-refractivity contribution in [1.82, 2.24) is 4.90 Å². The van der Waals surface area contributed by atoms with Crippen molar-refractivity contribution in [2.24, 2.45) is 5.41 Å². The second kappa shape index (κ2) is 5.88. The van der Waals surface area contributed by atoms with Crippen LogP contribution < -0.4 is 4.90 Å². The van der Waals surface area contributed by atoms with E-state index in [9.17, 15) is 4.79 Å². The quantitative estimate of drug-likeness (QED) is 0.790. The number of carbonyl (C=O) groups is 1. The van der Waals surface area contributed by atoms with Crippen LogP contribution >= 0.6 is 11.6 Å². The van der Waals surface area contributed by atoms with Crippen LogP contribution in [0, 0.1) is 19.3 Å². The molecule has 4 heteroatoms. The first kappa shape index (κ1) is 16.2. The summed E-state index contributed by atoms with van der Waals surface area (Å²) in [6.07, 6.45) is 0. The normalized spacial score (nSPS) is 16.3. The first-order chi connectivity index (χ1) is 9.70. The van der Waals surface area contributed by atoms with Gasteiger partial charge < -0.3 is 9.80 Å². The van der Waals surface area contributed by atoms with Crippen molar-refractivity contribution in [2.45, 2.75) is 34.6 Å². The summed E-state index contributed by atoms with van der Waals surface area (Å²) in [6, 6.07) is 4.17. The van der Waals surface area contributed by atoms with E-state index in [1.807, 2.05) is 31.7 Å². The minimum absolute atomic E-state index is 0.230. The van der Waals surface area contributed by atoms with Crippen LogP contribution in [0.5, 0.6) is 0 Å².